The van der Waals surface area contributed by atoms with Crippen molar-refractivity contribution >= 4 is 17.4 Å². The van der Waals surface area contributed by atoms with Gasteiger partial charge in [-0.2, -0.15) is 5.10 Å². The lowest BCUT2D eigenvalue weighted by molar-refractivity contribution is 0.882. The van der Waals surface area contributed by atoms with Crippen molar-refractivity contribution in [1.82, 2.24) is 9.78 Å². The lowest BCUT2D eigenvalue weighted by atomic mass is 10.0. The summed E-state index contributed by atoms with van der Waals surface area (Å²) in [6, 6.07) is 16.2. The van der Waals surface area contributed by atoms with Gasteiger partial charge in [0.25, 0.3) is 0 Å². The van der Waals surface area contributed by atoms with Crippen LogP contribution in [-0.2, 0) is 6.42 Å². The van der Waals surface area contributed by atoms with Gasteiger partial charge in [0, 0.05) is 17.7 Å². The maximum atomic E-state index is 6.36. The summed E-state index contributed by atoms with van der Waals surface area (Å²) in [5.74, 6) is 1.06. The van der Waals surface area contributed by atoms with Crippen molar-refractivity contribution in [3.05, 3.63) is 64.7 Å². The number of nitrogens with zero attached hydrogens (tertiary/aromatic N) is 2. The maximum Gasteiger partial charge on any atom is 0.133 e. The third kappa shape index (κ3) is 2.01. The fraction of sp³-hybridized carbons (Fsp3) is 0.167. The maximum absolute atomic E-state index is 6.36. The summed E-state index contributed by atoms with van der Waals surface area (Å²) in [6.07, 6.45) is 0.990. The third-order valence-electron chi connectivity index (χ3n) is 4.13. The van der Waals surface area contributed by atoms with E-state index in [4.69, 9.17) is 16.7 Å². The standard InChI is InChI=1S/C18H16ClN3/c1-12-6-2-3-7-13(12)17-14-10-11-20-18(14)22(21-17)16-9-5-4-8-15(16)19/h2-9,20H,10-11H2,1H3. The summed E-state index contributed by atoms with van der Waals surface area (Å²) in [4.78, 5) is 0. The molecule has 0 atom stereocenters. The van der Waals surface area contributed by atoms with Crippen LogP contribution in [0, 0.1) is 6.92 Å². The molecule has 1 aliphatic rings. The molecule has 0 aliphatic carbocycles. The van der Waals surface area contributed by atoms with E-state index < -0.39 is 0 Å². The Hall–Kier alpha value is -2.26. The number of benzene rings is 2. The normalized spacial score (nSPS) is 13.0. The highest BCUT2D eigenvalue weighted by Gasteiger charge is 2.25. The van der Waals surface area contributed by atoms with E-state index in [0.29, 0.717) is 5.02 Å². The fourth-order valence-electron chi connectivity index (χ4n) is 3.03. The van der Waals surface area contributed by atoms with E-state index in [1.54, 1.807) is 0 Å². The quantitative estimate of drug-likeness (QED) is 0.757. The number of rotatable bonds is 2. The molecule has 1 N–H and O–H groups in total. The van der Waals surface area contributed by atoms with E-state index in [2.05, 4.69) is 36.5 Å². The number of para-hydroxylation sites is 1. The highest BCUT2D eigenvalue weighted by atomic mass is 35.5. The first-order valence-electron chi connectivity index (χ1n) is 7.42. The first-order chi connectivity index (χ1) is 10.8. The largest absolute Gasteiger partial charge is 0.369 e. The number of nitrogens with one attached hydrogen (secondary N) is 1. The van der Waals surface area contributed by atoms with E-state index >= 15 is 0 Å². The molecule has 1 aliphatic heterocycles. The van der Waals surface area contributed by atoms with Gasteiger partial charge < -0.3 is 5.32 Å². The van der Waals surface area contributed by atoms with Crippen molar-refractivity contribution in [3.63, 3.8) is 0 Å². The Kier molecular flexibility index (Phi) is 3.16. The highest BCUT2D eigenvalue weighted by molar-refractivity contribution is 6.32. The molecular weight excluding hydrogens is 294 g/mol. The smallest absolute Gasteiger partial charge is 0.133 e. The Bertz CT molecular complexity index is 783. The predicted molar refractivity (Wildman–Crippen MR) is 90.9 cm³/mol. The molecule has 0 amide bonds. The SMILES string of the molecule is Cc1ccccc1-c1nn(-c2ccccc2Cl)c2c1CCN2. The molecule has 4 rings (SSSR count). The van der Waals surface area contributed by atoms with Crippen molar-refractivity contribution in [2.45, 2.75) is 13.3 Å². The molecule has 0 radical (unpaired) electrons. The number of aryl methyl sites for hydroxylation is 1. The molecule has 0 spiro atoms. The van der Waals surface area contributed by atoms with E-state index in [-0.39, 0.29) is 0 Å². The first kappa shape index (κ1) is 13.4. The van der Waals surface area contributed by atoms with Gasteiger partial charge in [0.05, 0.1) is 16.4 Å². The molecule has 22 heavy (non-hydrogen) atoms. The summed E-state index contributed by atoms with van der Waals surface area (Å²) < 4.78 is 1.94. The molecule has 3 aromatic rings. The molecule has 3 nitrogen and oxygen atoms in total. The molecule has 0 fully saturated rings. The summed E-state index contributed by atoms with van der Waals surface area (Å²) in [7, 11) is 0. The molecule has 2 heterocycles. The molecular formula is C18H16ClN3. The zero-order valence-corrected chi connectivity index (χ0v) is 13.1. The Labute approximate surface area is 134 Å². The first-order valence-corrected chi connectivity index (χ1v) is 7.80. The Morgan fingerprint density at radius 1 is 1.09 bits per heavy atom. The number of hydrogen-bond donors (Lipinski definition) is 1. The van der Waals surface area contributed by atoms with Gasteiger partial charge in [0.15, 0.2) is 0 Å². The van der Waals surface area contributed by atoms with E-state index in [9.17, 15) is 0 Å². The molecule has 0 saturated heterocycles. The van der Waals surface area contributed by atoms with Crippen molar-refractivity contribution < 1.29 is 0 Å². The van der Waals surface area contributed by atoms with Crippen LogP contribution in [-0.4, -0.2) is 16.3 Å². The Balaban J connectivity index is 1.95. The van der Waals surface area contributed by atoms with E-state index in [1.807, 2.05) is 28.9 Å². The zero-order valence-electron chi connectivity index (χ0n) is 12.3. The minimum Gasteiger partial charge on any atom is -0.369 e. The molecule has 0 unspecified atom stereocenters. The number of anilines is 1. The van der Waals surface area contributed by atoms with Crippen LogP contribution in [0.5, 0.6) is 0 Å². The van der Waals surface area contributed by atoms with Gasteiger partial charge in [0.2, 0.25) is 0 Å². The van der Waals surface area contributed by atoms with E-state index in [1.165, 1.54) is 16.7 Å². The highest BCUT2D eigenvalue weighted by Crippen LogP contribution is 2.36. The van der Waals surface area contributed by atoms with Crippen molar-refractivity contribution in [3.8, 4) is 16.9 Å². The molecule has 0 saturated carbocycles. The second-order valence-electron chi connectivity index (χ2n) is 5.53. The zero-order chi connectivity index (χ0) is 15.1. The molecule has 1 aromatic heterocycles. The number of fused-ring (bicyclic) bond motifs is 1. The summed E-state index contributed by atoms with van der Waals surface area (Å²) in [5, 5.41) is 9.02. The van der Waals surface area contributed by atoms with E-state index in [0.717, 1.165) is 30.2 Å². The number of aromatic nitrogens is 2. The lowest BCUT2D eigenvalue weighted by Crippen LogP contribution is -2.04. The van der Waals surface area contributed by atoms with Gasteiger partial charge in [0.1, 0.15) is 5.82 Å². The fourth-order valence-corrected chi connectivity index (χ4v) is 3.24. The van der Waals surface area contributed by atoms with Crippen molar-refractivity contribution in [2.75, 3.05) is 11.9 Å². The average molecular weight is 310 g/mol. The minimum atomic E-state index is 0.706. The Morgan fingerprint density at radius 3 is 2.68 bits per heavy atom. The summed E-state index contributed by atoms with van der Waals surface area (Å²) >= 11 is 6.36. The van der Waals surface area contributed by atoms with Gasteiger partial charge in [-0.15, -0.1) is 0 Å². The van der Waals surface area contributed by atoms with Crippen LogP contribution in [0.15, 0.2) is 48.5 Å². The minimum absolute atomic E-state index is 0.706. The monoisotopic (exact) mass is 309 g/mol. The predicted octanol–water partition coefficient (Wildman–Crippen LogP) is 4.47. The van der Waals surface area contributed by atoms with Crippen molar-refractivity contribution in [2.24, 2.45) is 0 Å². The van der Waals surface area contributed by atoms with Crippen LogP contribution in [0.1, 0.15) is 11.1 Å². The molecule has 2 aromatic carbocycles. The third-order valence-corrected chi connectivity index (χ3v) is 4.45. The van der Waals surface area contributed by atoms with Gasteiger partial charge >= 0.3 is 0 Å². The number of hydrogen-bond acceptors (Lipinski definition) is 2. The van der Waals surface area contributed by atoms with Crippen molar-refractivity contribution in [1.29, 1.82) is 0 Å². The molecule has 4 heteroatoms. The van der Waals surface area contributed by atoms with Gasteiger partial charge in [-0.1, -0.05) is 48.0 Å². The van der Waals surface area contributed by atoms with Gasteiger partial charge in [-0.25, -0.2) is 4.68 Å². The van der Waals surface area contributed by atoms with Crippen LogP contribution >= 0.6 is 11.6 Å². The van der Waals surface area contributed by atoms with Crippen LogP contribution in [0.25, 0.3) is 16.9 Å². The second kappa shape index (κ2) is 5.18. The summed E-state index contributed by atoms with van der Waals surface area (Å²) in [6.45, 7) is 3.06. The number of halogens is 1. The Morgan fingerprint density at radius 2 is 1.86 bits per heavy atom. The molecule has 0 bridgehead atoms. The molecule has 110 valence electrons. The lowest BCUT2D eigenvalue weighted by Gasteiger charge is -2.08. The van der Waals surface area contributed by atoms with Crippen LogP contribution in [0.4, 0.5) is 5.82 Å². The van der Waals surface area contributed by atoms with Crippen LogP contribution in [0.2, 0.25) is 5.02 Å². The second-order valence-corrected chi connectivity index (χ2v) is 5.94. The summed E-state index contributed by atoms with van der Waals surface area (Å²) in [5.41, 5.74) is 5.66. The van der Waals surface area contributed by atoms with Crippen LogP contribution in [0.3, 0.4) is 0 Å². The van der Waals surface area contributed by atoms with Gasteiger partial charge in [-0.05, 0) is 31.0 Å². The van der Waals surface area contributed by atoms with Crippen LogP contribution < -0.4 is 5.32 Å². The van der Waals surface area contributed by atoms with Gasteiger partial charge in [-0.3, -0.25) is 0 Å². The topological polar surface area (TPSA) is 29.9 Å². The average Bonchev–Trinajstić information content (AvgIpc) is 3.11.